The molecule has 2 aliphatic heterocycles. The molecule has 2 bridgehead atoms. The van der Waals surface area contributed by atoms with E-state index in [4.69, 9.17) is 9.47 Å². The van der Waals surface area contributed by atoms with Gasteiger partial charge >= 0.3 is 6.01 Å². The van der Waals surface area contributed by atoms with Crippen LogP contribution in [0, 0.1) is 5.92 Å². The molecule has 3 aliphatic rings. The molecule has 3 fully saturated rings. The van der Waals surface area contributed by atoms with E-state index in [1.54, 1.807) is 24.3 Å². The predicted molar refractivity (Wildman–Crippen MR) is 108 cm³/mol. The summed E-state index contributed by atoms with van der Waals surface area (Å²) in [7, 11) is 1.47. The predicted octanol–water partition coefficient (Wildman–Crippen LogP) is 2.18. The Morgan fingerprint density at radius 2 is 2.03 bits per heavy atom. The van der Waals surface area contributed by atoms with Crippen molar-refractivity contribution in [3.8, 4) is 40.3 Å². The lowest BCUT2D eigenvalue weighted by Crippen LogP contribution is -2.61. The topological polar surface area (TPSA) is 115 Å². The van der Waals surface area contributed by atoms with Gasteiger partial charge in [0.05, 0.1) is 12.8 Å². The summed E-state index contributed by atoms with van der Waals surface area (Å²) < 4.78 is 25.4. The number of phenols is 1. The molecule has 4 atom stereocenters. The van der Waals surface area contributed by atoms with E-state index in [2.05, 4.69) is 30.5 Å². The van der Waals surface area contributed by atoms with Crippen molar-refractivity contribution in [3.05, 3.63) is 36.7 Å². The SMILES string of the molecule is COc1ncnc(-c2ccc(-c3ccc(O[C@@H]4[C@H]5CC[C@H](NC5)[C@@H]4F)nn3)c(O)c2)n1. The second-order valence-corrected chi connectivity index (χ2v) is 7.66. The van der Waals surface area contributed by atoms with Crippen molar-refractivity contribution in [2.24, 2.45) is 5.92 Å². The highest BCUT2D eigenvalue weighted by Crippen LogP contribution is 2.35. The number of ether oxygens (including phenoxy) is 2. The highest BCUT2D eigenvalue weighted by Gasteiger charge is 2.45. The van der Waals surface area contributed by atoms with Crippen LogP contribution in [0.1, 0.15) is 12.8 Å². The van der Waals surface area contributed by atoms with Gasteiger partial charge in [-0.15, -0.1) is 10.2 Å². The maximum atomic E-state index is 14.6. The Kier molecular flexibility index (Phi) is 5.06. The van der Waals surface area contributed by atoms with Gasteiger partial charge in [-0.05, 0) is 31.0 Å². The lowest BCUT2D eigenvalue weighted by molar-refractivity contribution is -0.0353. The summed E-state index contributed by atoms with van der Waals surface area (Å²) in [4.78, 5) is 12.1. The molecule has 0 unspecified atom stereocenters. The van der Waals surface area contributed by atoms with E-state index in [0.717, 1.165) is 19.4 Å². The van der Waals surface area contributed by atoms with Crippen molar-refractivity contribution in [2.75, 3.05) is 13.7 Å². The summed E-state index contributed by atoms with van der Waals surface area (Å²) in [6, 6.07) is 8.37. The van der Waals surface area contributed by atoms with Crippen molar-refractivity contribution in [2.45, 2.75) is 31.2 Å². The first-order valence-electron chi connectivity index (χ1n) is 10.1. The lowest BCUT2D eigenvalue weighted by Gasteiger charge is -2.44. The van der Waals surface area contributed by atoms with Gasteiger partial charge in [0.25, 0.3) is 0 Å². The number of halogens is 1. The van der Waals surface area contributed by atoms with E-state index in [1.807, 2.05) is 0 Å². The molecule has 2 aromatic heterocycles. The van der Waals surface area contributed by atoms with Crippen molar-refractivity contribution >= 4 is 0 Å². The second kappa shape index (κ2) is 8.03. The van der Waals surface area contributed by atoms with Gasteiger partial charge < -0.3 is 19.9 Å². The van der Waals surface area contributed by atoms with E-state index < -0.39 is 12.3 Å². The molecule has 1 aromatic carbocycles. The average molecular weight is 424 g/mol. The Morgan fingerprint density at radius 3 is 2.71 bits per heavy atom. The van der Waals surface area contributed by atoms with Gasteiger partial charge in [0, 0.05) is 35.7 Å². The molecular weight excluding hydrogens is 403 g/mol. The minimum absolute atomic E-state index is 0.000616. The number of aromatic hydroxyl groups is 1. The van der Waals surface area contributed by atoms with Crippen molar-refractivity contribution < 1.29 is 19.0 Å². The number of piperidine rings is 2. The summed E-state index contributed by atoms with van der Waals surface area (Å²) in [5, 5.41) is 22.0. The molecule has 2 saturated heterocycles. The number of alkyl halides is 1. The molecule has 0 radical (unpaired) electrons. The zero-order valence-corrected chi connectivity index (χ0v) is 16.8. The van der Waals surface area contributed by atoms with Gasteiger partial charge in [0.15, 0.2) is 12.0 Å². The monoisotopic (exact) mass is 424 g/mol. The third-order valence-electron chi connectivity index (χ3n) is 5.81. The molecule has 0 spiro atoms. The van der Waals surface area contributed by atoms with E-state index in [0.29, 0.717) is 22.6 Å². The fourth-order valence-corrected chi connectivity index (χ4v) is 4.17. The Bertz CT molecular complexity index is 1070. The third kappa shape index (κ3) is 3.74. The smallest absolute Gasteiger partial charge is 0.319 e. The number of methoxy groups -OCH3 is 1. The van der Waals surface area contributed by atoms with Crippen LogP contribution in [0.15, 0.2) is 36.7 Å². The average Bonchev–Trinajstić information content (AvgIpc) is 2.82. The van der Waals surface area contributed by atoms with E-state index >= 15 is 0 Å². The molecule has 1 saturated carbocycles. The highest BCUT2D eigenvalue weighted by atomic mass is 19.1. The molecule has 160 valence electrons. The van der Waals surface area contributed by atoms with Crippen molar-refractivity contribution in [1.82, 2.24) is 30.5 Å². The Labute approximate surface area is 177 Å². The van der Waals surface area contributed by atoms with Crippen LogP contribution in [0.2, 0.25) is 0 Å². The van der Waals surface area contributed by atoms with Crippen molar-refractivity contribution in [1.29, 1.82) is 0 Å². The van der Waals surface area contributed by atoms with E-state index in [-0.39, 0.29) is 29.6 Å². The van der Waals surface area contributed by atoms with E-state index in [1.165, 1.54) is 19.5 Å². The Morgan fingerprint density at radius 1 is 1.13 bits per heavy atom. The van der Waals surface area contributed by atoms with Crippen LogP contribution in [0.25, 0.3) is 22.6 Å². The maximum Gasteiger partial charge on any atom is 0.319 e. The van der Waals surface area contributed by atoms with Gasteiger partial charge in [-0.3, -0.25) is 0 Å². The molecule has 9 nitrogen and oxygen atoms in total. The molecule has 10 heteroatoms. The zero-order chi connectivity index (χ0) is 21.4. The highest BCUT2D eigenvalue weighted by molar-refractivity contribution is 5.71. The summed E-state index contributed by atoms with van der Waals surface area (Å²) in [6.07, 6.45) is 1.56. The van der Waals surface area contributed by atoms with Crippen LogP contribution in [0.4, 0.5) is 4.39 Å². The summed E-state index contributed by atoms with van der Waals surface area (Å²) >= 11 is 0. The van der Waals surface area contributed by atoms with Crippen molar-refractivity contribution in [3.63, 3.8) is 0 Å². The number of nitrogens with one attached hydrogen (secondary N) is 1. The van der Waals surface area contributed by atoms with Gasteiger partial charge in [0.2, 0.25) is 5.88 Å². The first-order chi connectivity index (χ1) is 15.1. The quantitative estimate of drug-likeness (QED) is 0.636. The molecule has 2 N–H and O–H groups in total. The summed E-state index contributed by atoms with van der Waals surface area (Å²) in [5.74, 6) is 0.782. The number of hydrogen-bond acceptors (Lipinski definition) is 9. The van der Waals surface area contributed by atoms with Crippen LogP contribution >= 0.6 is 0 Å². The Balaban J connectivity index is 1.34. The van der Waals surface area contributed by atoms with Gasteiger partial charge in [-0.2, -0.15) is 9.97 Å². The van der Waals surface area contributed by atoms with Crippen LogP contribution < -0.4 is 14.8 Å². The molecule has 4 heterocycles. The fourth-order valence-electron chi connectivity index (χ4n) is 4.17. The molecule has 1 aliphatic carbocycles. The zero-order valence-electron chi connectivity index (χ0n) is 16.8. The van der Waals surface area contributed by atoms with Crippen LogP contribution in [0.3, 0.4) is 0 Å². The number of phenolic OH excluding ortho intramolecular Hbond substituents is 1. The maximum absolute atomic E-state index is 14.6. The van der Waals surface area contributed by atoms with Crippen LogP contribution in [0.5, 0.6) is 17.6 Å². The fraction of sp³-hybridized carbons (Fsp3) is 0.381. The summed E-state index contributed by atoms with van der Waals surface area (Å²) in [5.41, 5.74) is 1.56. The van der Waals surface area contributed by atoms with Crippen LogP contribution in [-0.2, 0) is 0 Å². The number of aromatic nitrogens is 5. The van der Waals surface area contributed by atoms with Gasteiger partial charge in [-0.1, -0.05) is 6.07 Å². The molecule has 31 heavy (non-hydrogen) atoms. The number of benzene rings is 1. The lowest BCUT2D eigenvalue weighted by atomic mass is 9.78. The third-order valence-corrected chi connectivity index (χ3v) is 5.81. The van der Waals surface area contributed by atoms with Gasteiger partial charge in [-0.25, -0.2) is 9.37 Å². The normalized spacial score (nSPS) is 24.7. The Hall–Kier alpha value is -3.40. The number of rotatable bonds is 5. The largest absolute Gasteiger partial charge is 0.507 e. The van der Waals surface area contributed by atoms with E-state index in [9.17, 15) is 9.50 Å². The molecule has 0 amide bonds. The second-order valence-electron chi connectivity index (χ2n) is 7.66. The molecule has 3 aromatic rings. The minimum atomic E-state index is -1.06. The standard InChI is InChI=1S/C21H21FN6O3/c1-30-21-25-10-24-20(26-21)11-2-4-13(16(29)8-11)14-6-7-17(28-27-14)31-19-12-3-5-15(18(19)22)23-9-12/h2,4,6-8,10,12,15,18-19,23,29H,3,5,9H2,1H3/t12-,15-,18-,19+/m0/s1. The first-order valence-corrected chi connectivity index (χ1v) is 10.1. The van der Waals surface area contributed by atoms with Crippen LogP contribution in [-0.4, -0.2) is 62.2 Å². The molecule has 6 rings (SSSR count). The first kappa shape index (κ1) is 19.6. The minimum Gasteiger partial charge on any atom is -0.507 e. The number of fused-ring (bicyclic) bond motifs is 3. The van der Waals surface area contributed by atoms with Gasteiger partial charge in [0.1, 0.15) is 18.2 Å². The molecular formula is C21H21FN6O3. The number of hydrogen-bond donors (Lipinski definition) is 2. The number of nitrogens with zero attached hydrogens (tertiary/aromatic N) is 5. The summed E-state index contributed by atoms with van der Waals surface area (Å²) in [6.45, 7) is 0.758.